The number of nitrogens with zero attached hydrogens (tertiary/aromatic N) is 4. The van der Waals surface area contributed by atoms with Crippen LogP contribution in [0, 0.1) is 0 Å². The van der Waals surface area contributed by atoms with Crippen molar-refractivity contribution >= 4 is 23.5 Å². The van der Waals surface area contributed by atoms with Gasteiger partial charge in [0.25, 0.3) is 0 Å². The second kappa shape index (κ2) is 22.7. The van der Waals surface area contributed by atoms with Gasteiger partial charge in [0.2, 0.25) is 0 Å². The van der Waals surface area contributed by atoms with Crippen LogP contribution in [0.3, 0.4) is 0 Å². The normalized spacial score (nSPS) is 13.6. The fraction of sp³-hybridized carbons (Fsp3) is 0.360. The number of aryl methyl sites for hydroxylation is 6. The number of aliphatic carboxylic acids is 1. The third kappa shape index (κ3) is 12.8. The van der Waals surface area contributed by atoms with Gasteiger partial charge in [-0.15, -0.1) is 11.6 Å². The standard InChI is InChI=1S/C24H26N2O3.C14H16N2O3.C11H13Cl.CH4/c1-26-13-12-25-24(26)22(15-23(27)28)19-8-10-21(11-9-19)29-16-17-6-7-18-4-2-3-5-20(18)14-17;1-16-8-7-15-14(16)12(9-13(18)19-2)10-3-5-11(17)6-4-10;12-8-9-5-6-10-3-1-2-4-11(10)7-9;/h6-14,22H,2-5,15-16H2,1H3,(H,27,28);3-8,12,17H,9H2,1-2H3;5-7H,1-4,8H2;1H4/t22-;12-;;/m00../s1. The molecule has 2 N–H and O–H groups in total. The van der Waals surface area contributed by atoms with Crippen LogP contribution in [0.2, 0.25) is 0 Å². The lowest BCUT2D eigenvalue weighted by molar-refractivity contribution is -0.141. The van der Waals surface area contributed by atoms with Crippen LogP contribution in [0.25, 0.3) is 0 Å². The number of methoxy groups -OCH3 is 1. The molecule has 2 aliphatic rings. The van der Waals surface area contributed by atoms with Gasteiger partial charge in [0.1, 0.15) is 29.8 Å². The minimum Gasteiger partial charge on any atom is -0.508 e. The molecule has 61 heavy (non-hydrogen) atoms. The zero-order valence-corrected chi connectivity index (χ0v) is 35.5. The molecule has 0 radical (unpaired) electrons. The summed E-state index contributed by atoms with van der Waals surface area (Å²) in [7, 11) is 5.13. The van der Waals surface area contributed by atoms with Gasteiger partial charge in [-0.1, -0.05) is 68.1 Å². The second-order valence-corrected chi connectivity index (χ2v) is 15.7. The van der Waals surface area contributed by atoms with Crippen molar-refractivity contribution in [2.24, 2.45) is 14.1 Å². The Morgan fingerprint density at radius 2 is 1.16 bits per heavy atom. The molecule has 2 heterocycles. The van der Waals surface area contributed by atoms with E-state index < -0.39 is 5.97 Å². The summed E-state index contributed by atoms with van der Waals surface area (Å²) < 4.78 is 14.5. The number of carbonyl (C=O) groups is 2. The maximum absolute atomic E-state index is 11.6. The molecular formula is C50H59ClN4O6. The fourth-order valence-electron chi connectivity index (χ4n) is 7.98. The van der Waals surface area contributed by atoms with E-state index in [1.54, 1.807) is 36.7 Å². The molecule has 8 rings (SSSR count). The first-order valence-corrected chi connectivity index (χ1v) is 21.2. The molecule has 6 aromatic rings. The molecule has 0 bridgehead atoms. The molecule has 0 spiro atoms. The number of alkyl halides is 1. The number of phenols is 1. The van der Waals surface area contributed by atoms with Crippen molar-refractivity contribution in [3.63, 3.8) is 0 Å². The number of fused-ring (bicyclic) bond motifs is 2. The van der Waals surface area contributed by atoms with Crippen LogP contribution in [0.5, 0.6) is 11.5 Å². The van der Waals surface area contributed by atoms with Gasteiger partial charge in [0.15, 0.2) is 0 Å². The number of rotatable bonds is 12. The lowest BCUT2D eigenvalue weighted by Crippen LogP contribution is -2.13. The molecule has 2 atom stereocenters. The van der Waals surface area contributed by atoms with E-state index in [0.717, 1.165) is 34.9 Å². The number of halogens is 1. The highest BCUT2D eigenvalue weighted by molar-refractivity contribution is 6.17. The summed E-state index contributed by atoms with van der Waals surface area (Å²) >= 11 is 5.77. The number of benzene rings is 4. The van der Waals surface area contributed by atoms with E-state index in [0.29, 0.717) is 12.5 Å². The van der Waals surface area contributed by atoms with Gasteiger partial charge >= 0.3 is 11.9 Å². The van der Waals surface area contributed by atoms with E-state index >= 15 is 0 Å². The molecule has 0 saturated carbocycles. The third-order valence-corrected chi connectivity index (χ3v) is 11.6. The van der Waals surface area contributed by atoms with E-state index in [2.05, 4.69) is 46.4 Å². The number of imidazole rings is 2. The van der Waals surface area contributed by atoms with Crippen LogP contribution in [0.15, 0.2) is 110 Å². The van der Waals surface area contributed by atoms with Gasteiger partial charge < -0.3 is 28.8 Å². The molecule has 0 fully saturated rings. The van der Waals surface area contributed by atoms with Crippen molar-refractivity contribution in [2.75, 3.05) is 7.11 Å². The highest BCUT2D eigenvalue weighted by Gasteiger charge is 2.23. The Kier molecular flexibility index (Phi) is 17.2. The Morgan fingerprint density at radius 3 is 1.64 bits per heavy atom. The number of carbonyl (C=O) groups excluding carboxylic acids is 1. The molecule has 2 aliphatic carbocycles. The number of ether oxygens (including phenoxy) is 2. The Morgan fingerprint density at radius 1 is 0.689 bits per heavy atom. The van der Waals surface area contributed by atoms with Gasteiger partial charge in [0.05, 0.1) is 31.8 Å². The third-order valence-electron chi connectivity index (χ3n) is 11.3. The molecule has 0 unspecified atom stereocenters. The summed E-state index contributed by atoms with van der Waals surface area (Å²) in [5.74, 6) is 1.54. The van der Waals surface area contributed by atoms with Gasteiger partial charge in [0, 0.05) is 44.8 Å². The molecule has 0 amide bonds. The summed E-state index contributed by atoms with van der Waals surface area (Å²) in [6, 6.07) is 27.8. The van der Waals surface area contributed by atoms with Crippen molar-refractivity contribution < 1.29 is 29.3 Å². The topological polar surface area (TPSA) is 129 Å². The summed E-state index contributed by atoms with van der Waals surface area (Å²) in [4.78, 5) is 31.6. The van der Waals surface area contributed by atoms with Gasteiger partial charge in [-0.3, -0.25) is 9.59 Å². The predicted molar refractivity (Wildman–Crippen MR) is 240 cm³/mol. The number of aromatic hydroxyl groups is 1. The van der Waals surface area contributed by atoms with Crippen LogP contribution < -0.4 is 4.74 Å². The smallest absolute Gasteiger partial charge is 0.306 e. The Balaban J connectivity index is 0.000000189. The number of carboxylic acid groups (broad SMARTS) is 1. The molecular weight excluding hydrogens is 788 g/mol. The molecule has 322 valence electrons. The second-order valence-electron chi connectivity index (χ2n) is 15.5. The van der Waals surface area contributed by atoms with E-state index in [-0.39, 0.29) is 43.8 Å². The van der Waals surface area contributed by atoms with E-state index in [1.807, 2.05) is 59.9 Å². The number of aromatic nitrogens is 4. The monoisotopic (exact) mass is 846 g/mol. The summed E-state index contributed by atoms with van der Waals surface area (Å²) in [6.07, 6.45) is 17.4. The predicted octanol–water partition coefficient (Wildman–Crippen LogP) is 10.2. The van der Waals surface area contributed by atoms with Gasteiger partial charge in [-0.05, 0) is 120 Å². The van der Waals surface area contributed by atoms with Crippen LogP contribution >= 0.6 is 11.6 Å². The van der Waals surface area contributed by atoms with Crippen molar-refractivity contribution in [2.45, 2.75) is 96.0 Å². The highest BCUT2D eigenvalue weighted by atomic mass is 35.5. The number of phenolic OH excluding ortho intramolecular Hbond substituents is 1. The largest absolute Gasteiger partial charge is 0.508 e. The first kappa shape index (κ1) is 46.2. The minimum atomic E-state index is -0.842. The van der Waals surface area contributed by atoms with Crippen molar-refractivity contribution in [1.82, 2.24) is 19.1 Å². The van der Waals surface area contributed by atoms with Crippen molar-refractivity contribution in [3.05, 3.63) is 166 Å². The molecule has 0 saturated heterocycles. The van der Waals surface area contributed by atoms with Crippen LogP contribution in [0.1, 0.15) is 114 Å². The molecule has 0 aliphatic heterocycles. The maximum Gasteiger partial charge on any atom is 0.306 e. The average Bonchev–Trinajstić information content (AvgIpc) is 3.91. The maximum atomic E-state index is 11.6. The molecule has 2 aromatic heterocycles. The molecule has 4 aromatic carbocycles. The summed E-state index contributed by atoms with van der Waals surface area (Å²) in [5.41, 5.74) is 10.3. The number of hydrogen-bond donors (Lipinski definition) is 2. The van der Waals surface area contributed by atoms with Crippen LogP contribution in [-0.4, -0.2) is 48.4 Å². The Bertz CT molecular complexity index is 2320. The minimum absolute atomic E-state index is 0. The van der Waals surface area contributed by atoms with Crippen molar-refractivity contribution in [3.8, 4) is 11.5 Å². The van der Waals surface area contributed by atoms with Gasteiger partial charge in [-0.25, -0.2) is 9.97 Å². The number of esters is 1. The summed E-state index contributed by atoms with van der Waals surface area (Å²) in [6.45, 7) is 0.532. The first-order chi connectivity index (χ1) is 29.1. The SMILES string of the molecule is C.COC(=O)C[C@@H](c1ccc(O)cc1)c1nccn1C.ClCc1ccc2c(c1)CCCC2.Cn1ccnc1[C@@H](CC(=O)O)c1ccc(OCc2ccc3c(c2)CCCC3)cc1. The lowest BCUT2D eigenvalue weighted by Gasteiger charge is -2.17. The highest BCUT2D eigenvalue weighted by Crippen LogP contribution is 2.30. The van der Waals surface area contributed by atoms with Crippen LogP contribution in [0.4, 0.5) is 0 Å². The van der Waals surface area contributed by atoms with E-state index in [9.17, 15) is 19.8 Å². The molecule has 11 heteroatoms. The zero-order valence-electron chi connectivity index (χ0n) is 34.7. The summed E-state index contributed by atoms with van der Waals surface area (Å²) in [5, 5.41) is 18.7. The van der Waals surface area contributed by atoms with E-state index in [1.165, 1.54) is 85.4 Å². The molecule has 10 nitrogen and oxygen atoms in total. The van der Waals surface area contributed by atoms with E-state index in [4.69, 9.17) is 21.1 Å². The quantitative estimate of drug-likeness (QED) is 0.0920. The van der Waals surface area contributed by atoms with Gasteiger partial charge in [-0.2, -0.15) is 0 Å². The Labute approximate surface area is 365 Å². The Hall–Kier alpha value is -5.87. The average molecular weight is 847 g/mol. The number of hydrogen-bond acceptors (Lipinski definition) is 7. The number of carboxylic acids is 1. The van der Waals surface area contributed by atoms with Crippen molar-refractivity contribution in [1.29, 1.82) is 0 Å². The first-order valence-electron chi connectivity index (χ1n) is 20.6. The fourth-order valence-corrected chi connectivity index (χ4v) is 8.15. The zero-order chi connectivity index (χ0) is 42.4. The lowest BCUT2D eigenvalue weighted by atomic mass is 9.90. The van der Waals surface area contributed by atoms with Crippen LogP contribution in [-0.2, 0) is 66.6 Å².